The van der Waals surface area contributed by atoms with E-state index in [1.54, 1.807) is 0 Å². The summed E-state index contributed by atoms with van der Waals surface area (Å²) in [4.78, 5) is 52.2. The molecule has 0 unspecified atom stereocenters. The number of amides is 2. The molecule has 9 nitrogen and oxygen atoms in total. The van der Waals surface area contributed by atoms with Crippen LogP contribution in [-0.2, 0) is 19.1 Å². The van der Waals surface area contributed by atoms with E-state index in [1.165, 1.54) is 251 Å². The maximum Gasteiger partial charge on any atom is 0.305 e. The molecule has 0 aromatic heterocycles. The molecule has 2 amide bonds. The van der Waals surface area contributed by atoms with Crippen molar-refractivity contribution in [2.24, 2.45) is 0 Å². The lowest BCUT2D eigenvalue weighted by molar-refractivity contribution is -0.144. The van der Waals surface area contributed by atoms with Gasteiger partial charge in [0.1, 0.15) is 0 Å². The summed E-state index contributed by atoms with van der Waals surface area (Å²) >= 11 is 0. The van der Waals surface area contributed by atoms with Gasteiger partial charge < -0.3 is 19.4 Å². The van der Waals surface area contributed by atoms with Crippen LogP contribution in [0.1, 0.15) is 330 Å². The first kappa shape index (κ1) is 73.3. The van der Waals surface area contributed by atoms with Gasteiger partial charge in [-0.05, 0) is 77.7 Å². The van der Waals surface area contributed by atoms with E-state index in [0.717, 1.165) is 84.1 Å². The van der Waals surface area contributed by atoms with Crippen molar-refractivity contribution >= 4 is 17.8 Å². The highest BCUT2D eigenvalue weighted by molar-refractivity contribution is 5.80. The lowest BCUT2D eigenvalue weighted by Crippen LogP contribution is -2.54. The van der Waals surface area contributed by atoms with Gasteiger partial charge in [0, 0.05) is 45.7 Å². The molecule has 0 aromatic rings. The molecule has 1 aliphatic rings. The summed E-state index contributed by atoms with van der Waals surface area (Å²) in [6.07, 6.45) is 58.5. The van der Waals surface area contributed by atoms with E-state index in [9.17, 15) is 14.4 Å². The van der Waals surface area contributed by atoms with E-state index >= 15 is 0 Å². The van der Waals surface area contributed by atoms with Crippen LogP contribution in [0.25, 0.3) is 0 Å². The predicted octanol–water partition coefficient (Wildman–Crippen LogP) is 18.2. The van der Waals surface area contributed by atoms with Crippen LogP contribution in [0.5, 0.6) is 0 Å². The Morgan fingerprint density at radius 3 is 0.831 bits per heavy atom. The quantitative estimate of drug-likeness (QED) is 0.0444. The molecule has 0 spiro atoms. The second-order valence-corrected chi connectivity index (χ2v) is 24.3. The summed E-state index contributed by atoms with van der Waals surface area (Å²) < 4.78 is 5.49. The molecule has 1 rings (SSSR count). The van der Waals surface area contributed by atoms with Crippen LogP contribution in [0.15, 0.2) is 0 Å². The van der Waals surface area contributed by atoms with Crippen LogP contribution < -0.4 is 0 Å². The van der Waals surface area contributed by atoms with E-state index in [0.29, 0.717) is 52.3 Å². The molecule has 0 aromatic carbocycles. The first-order chi connectivity index (χ1) is 37.9. The third kappa shape index (κ3) is 47.6. The van der Waals surface area contributed by atoms with Gasteiger partial charge in [-0.25, -0.2) is 0 Å². The Hall–Kier alpha value is -1.71. The lowest BCUT2D eigenvalue weighted by Gasteiger charge is -2.37. The molecule has 0 N–H and O–H groups in total. The van der Waals surface area contributed by atoms with Crippen LogP contribution in [0, 0.1) is 0 Å². The Balaban J connectivity index is 2.76. The van der Waals surface area contributed by atoms with Gasteiger partial charge in [-0.15, -0.1) is 0 Å². The summed E-state index contributed by atoms with van der Waals surface area (Å²) in [7, 11) is 0. The molecule has 9 heteroatoms. The smallest absolute Gasteiger partial charge is 0.305 e. The van der Waals surface area contributed by atoms with Crippen molar-refractivity contribution in [1.82, 2.24) is 24.5 Å². The fourth-order valence-electron chi connectivity index (χ4n) is 11.5. The predicted molar refractivity (Wildman–Crippen MR) is 334 cm³/mol. The Morgan fingerprint density at radius 2 is 0.519 bits per heavy atom. The third-order valence-electron chi connectivity index (χ3n) is 16.9. The van der Waals surface area contributed by atoms with Crippen molar-refractivity contribution in [1.29, 1.82) is 0 Å². The SMILES string of the molecule is CCCCCCCCCCCCCCCCN(CCCCCCCC(=O)OCCCCCCC)CC(=O)N1CCN(C(=O)CN(CCCCCCCCC)CCN(CCCCCCCCC)CCCCCCCCC)CC1. The van der Waals surface area contributed by atoms with Gasteiger partial charge in [0.05, 0.1) is 19.7 Å². The minimum Gasteiger partial charge on any atom is -0.466 e. The average Bonchev–Trinajstić information content (AvgIpc) is 3.43. The van der Waals surface area contributed by atoms with Crippen LogP contribution in [0.3, 0.4) is 0 Å². The number of hydrogen-bond donors (Lipinski definition) is 0. The van der Waals surface area contributed by atoms with Gasteiger partial charge in [-0.3, -0.25) is 24.2 Å². The Kier molecular flexibility index (Phi) is 54.8. The van der Waals surface area contributed by atoms with Gasteiger partial charge in [0.2, 0.25) is 11.8 Å². The molecule has 0 atom stereocenters. The maximum absolute atomic E-state index is 14.1. The maximum atomic E-state index is 14.1. The molecular weight excluding hydrogens is 951 g/mol. The van der Waals surface area contributed by atoms with E-state index < -0.39 is 0 Å². The minimum atomic E-state index is -0.0375. The number of carbonyl (C=O) groups is 3. The van der Waals surface area contributed by atoms with E-state index in [2.05, 4.69) is 54.2 Å². The van der Waals surface area contributed by atoms with Crippen LogP contribution >= 0.6 is 0 Å². The second-order valence-electron chi connectivity index (χ2n) is 24.3. The molecule has 0 radical (unpaired) electrons. The Labute approximate surface area is 481 Å². The lowest BCUT2D eigenvalue weighted by atomic mass is 10.0. The van der Waals surface area contributed by atoms with E-state index in [4.69, 9.17) is 4.74 Å². The fourth-order valence-corrected chi connectivity index (χ4v) is 11.5. The highest BCUT2D eigenvalue weighted by atomic mass is 16.5. The molecule has 0 saturated carbocycles. The van der Waals surface area contributed by atoms with Crippen molar-refractivity contribution < 1.29 is 19.1 Å². The van der Waals surface area contributed by atoms with Crippen molar-refractivity contribution in [2.75, 3.05) is 91.7 Å². The molecule has 1 heterocycles. The molecule has 1 fully saturated rings. The van der Waals surface area contributed by atoms with Crippen molar-refractivity contribution in [2.45, 2.75) is 330 Å². The number of esters is 1. The van der Waals surface area contributed by atoms with Gasteiger partial charge in [-0.1, -0.05) is 279 Å². The van der Waals surface area contributed by atoms with Gasteiger partial charge in [0.15, 0.2) is 0 Å². The number of carbonyl (C=O) groups excluding carboxylic acids is 3. The van der Waals surface area contributed by atoms with Crippen LogP contribution in [0.2, 0.25) is 0 Å². The topological polar surface area (TPSA) is 76.6 Å². The number of rotatable bonds is 60. The molecule has 77 heavy (non-hydrogen) atoms. The number of nitrogens with zero attached hydrogens (tertiary/aromatic N) is 5. The first-order valence-corrected chi connectivity index (χ1v) is 34.8. The van der Waals surface area contributed by atoms with Crippen LogP contribution in [-0.4, -0.2) is 134 Å². The Bertz CT molecular complexity index is 1240. The van der Waals surface area contributed by atoms with Gasteiger partial charge in [-0.2, -0.15) is 0 Å². The van der Waals surface area contributed by atoms with Crippen molar-refractivity contribution in [3.63, 3.8) is 0 Å². The standard InChI is InChI=1S/C68H135N5O4/c1-6-11-16-21-25-26-27-28-29-30-31-35-41-47-54-70(55-48-42-36-37-44-51-68(76)77-63-50-43-20-15-10-5)64-66(74)72-59-61-73(62-60-72)67(75)65-71(56-49-40-34-24-19-14-9-4)58-57-69(52-45-38-32-22-17-12-7-2)53-46-39-33-23-18-13-8-3/h6-65H2,1-5H3. The highest BCUT2D eigenvalue weighted by Gasteiger charge is 2.26. The zero-order valence-electron chi connectivity index (χ0n) is 52.8. The number of unbranched alkanes of at least 4 members (excludes halogenated alkanes) is 39. The fraction of sp³-hybridized carbons (Fsp3) is 0.956. The van der Waals surface area contributed by atoms with Gasteiger partial charge >= 0.3 is 5.97 Å². The molecule has 456 valence electrons. The summed E-state index contributed by atoms with van der Waals surface area (Å²) in [5.74, 6) is 0.443. The third-order valence-corrected chi connectivity index (χ3v) is 16.9. The monoisotopic (exact) mass is 1090 g/mol. The number of piperazine rings is 1. The van der Waals surface area contributed by atoms with E-state index in [-0.39, 0.29) is 17.8 Å². The summed E-state index contributed by atoms with van der Waals surface area (Å²) in [5.41, 5.74) is 0. The Morgan fingerprint density at radius 1 is 0.286 bits per heavy atom. The zero-order chi connectivity index (χ0) is 55.8. The summed E-state index contributed by atoms with van der Waals surface area (Å²) in [5, 5.41) is 0. The molecule has 0 bridgehead atoms. The second kappa shape index (κ2) is 57.5. The molecule has 1 saturated heterocycles. The normalized spacial score (nSPS) is 13.0. The van der Waals surface area contributed by atoms with Crippen molar-refractivity contribution in [3.8, 4) is 0 Å². The molecule has 1 aliphatic heterocycles. The number of hydrogen-bond acceptors (Lipinski definition) is 7. The minimum absolute atomic E-state index is 0.0375. The molecular formula is C68H135N5O4. The molecule has 0 aliphatic carbocycles. The van der Waals surface area contributed by atoms with Crippen molar-refractivity contribution in [3.05, 3.63) is 0 Å². The van der Waals surface area contributed by atoms with E-state index in [1.807, 2.05) is 4.90 Å². The average molecular weight is 1090 g/mol. The van der Waals surface area contributed by atoms with Gasteiger partial charge in [0.25, 0.3) is 0 Å². The summed E-state index contributed by atoms with van der Waals surface area (Å²) in [6, 6.07) is 0. The zero-order valence-corrected chi connectivity index (χ0v) is 52.8. The number of ether oxygens (including phenoxy) is 1. The summed E-state index contributed by atoms with van der Waals surface area (Å²) in [6.45, 7) is 22.9. The first-order valence-electron chi connectivity index (χ1n) is 34.8. The highest BCUT2D eigenvalue weighted by Crippen LogP contribution is 2.17. The van der Waals surface area contributed by atoms with Crippen LogP contribution in [0.4, 0.5) is 0 Å². The largest absolute Gasteiger partial charge is 0.466 e.